The first-order valence-electron chi connectivity index (χ1n) is 6.42. The van der Waals surface area contributed by atoms with Gasteiger partial charge in [-0.25, -0.2) is 0 Å². The van der Waals surface area contributed by atoms with Crippen LogP contribution in [0.2, 0.25) is 0 Å². The first kappa shape index (κ1) is 16.6. The van der Waals surface area contributed by atoms with Crippen molar-refractivity contribution in [3.8, 4) is 0 Å². The van der Waals surface area contributed by atoms with Gasteiger partial charge in [-0.2, -0.15) is 17.4 Å². The Kier molecular flexibility index (Phi) is 6.95. The number of hydrogen-bond acceptors (Lipinski definition) is 4. The second-order valence-electron chi connectivity index (χ2n) is 4.38. The highest BCUT2D eigenvalue weighted by molar-refractivity contribution is 7.87. The zero-order valence-electron chi connectivity index (χ0n) is 11.7. The summed E-state index contributed by atoms with van der Waals surface area (Å²) in [6.07, 6.45) is 1.54. The number of nitrogens with one attached hydrogen (secondary N) is 2. The summed E-state index contributed by atoms with van der Waals surface area (Å²) in [5.74, 6) is 0. The molecule has 1 aromatic heterocycles. The first-order valence-corrected chi connectivity index (χ1v) is 8.74. The fourth-order valence-electron chi connectivity index (χ4n) is 1.70. The van der Waals surface area contributed by atoms with Gasteiger partial charge in [-0.3, -0.25) is 0 Å². The molecule has 19 heavy (non-hydrogen) atoms. The van der Waals surface area contributed by atoms with Crippen LogP contribution in [-0.4, -0.2) is 39.9 Å². The van der Waals surface area contributed by atoms with Gasteiger partial charge < -0.3 is 5.32 Å². The van der Waals surface area contributed by atoms with Crippen LogP contribution < -0.4 is 10.0 Å². The molecular weight excluding hydrogens is 282 g/mol. The molecule has 1 heterocycles. The van der Waals surface area contributed by atoms with E-state index in [1.807, 2.05) is 31.5 Å². The first-order chi connectivity index (χ1) is 9.01. The van der Waals surface area contributed by atoms with Crippen LogP contribution in [-0.2, 0) is 10.2 Å². The van der Waals surface area contributed by atoms with Crippen LogP contribution in [0, 0.1) is 0 Å². The SMILES string of the molecule is CCC(NS(=O)(=O)N(C)CCCNC)c1cccs1. The summed E-state index contributed by atoms with van der Waals surface area (Å²) in [5.41, 5.74) is 0. The van der Waals surface area contributed by atoms with Crippen LogP contribution in [0.25, 0.3) is 0 Å². The maximum Gasteiger partial charge on any atom is 0.279 e. The topological polar surface area (TPSA) is 61.4 Å². The van der Waals surface area contributed by atoms with Gasteiger partial charge in [-0.05, 0) is 37.9 Å². The van der Waals surface area contributed by atoms with E-state index in [1.54, 1.807) is 18.4 Å². The average molecular weight is 305 g/mol. The zero-order valence-corrected chi connectivity index (χ0v) is 13.4. The fraction of sp³-hybridized carbons (Fsp3) is 0.667. The molecule has 110 valence electrons. The van der Waals surface area contributed by atoms with Crippen molar-refractivity contribution in [3.63, 3.8) is 0 Å². The van der Waals surface area contributed by atoms with Crippen LogP contribution in [0.3, 0.4) is 0 Å². The molecule has 0 spiro atoms. The van der Waals surface area contributed by atoms with E-state index in [0.29, 0.717) is 6.54 Å². The summed E-state index contributed by atoms with van der Waals surface area (Å²) in [5, 5.41) is 4.97. The van der Waals surface area contributed by atoms with Crippen LogP contribution in [0.1, 0.15) is 30.7 Å². The molecule has 0 radical (unpaired) electrons. The highest BCUT2D eigenvalue weighted by Gasteiger charge is 2.22. The van der Waals surface area contributed by atoms with Gasteiger partial charge in [-0.1, -0.05) is 13.0 Å². The van der Waals surface area contributed by atoms with Crippen molar-refractivity contribution < 1.29 is 8.42 Å². The lowest BCUT2D eigenvalue weighted by Crippen LogP contribution is -2.40. The van der Waals surface area contributed by atoms with E-state index >= 15 is 0 Å². The van der Waals surface area contributed by atoms with Crippen molar-refractivity contribution in [2.75, 3.05) is 27.2 Å². The summed E-state index contributed by atoms with van der Waals surface area (Å²) in [6.45, 7) is 3.30. The van der Waals surface area contributed by atoms with E-state index in [1.165, 1.54) is 4.31 Å². The maximum atomic E-state index is 12.2. The normalized spacial score (nSPS) is 13.9. The summed E-state index contributed by atoms with van der Waals surface area (Å²) in [6, 6.07) is 3.76. The predicted molar refractivity (Wildman–Crippen MR) is 80.6 cm³/mol. The van der Waals surface area contributed by atoms with E-state index in [0.717, 1.165) is 24.3 Å². The molecule has 0 amide bonds. The zero-order chi connectivity index (χ0) is 14.3. The maximum absolute atomic E-state index is 12.2. The molecule has 1 atom stereocenters. The van der Waals surface area contributed by atoms with Crippen molar-refractivity contribution in [3.05, 3.63) is 22.4 Å². The average Bonchev–Trinajstić information content (AvgIpc) is 2.90. The van der Waals surface area contributed by atoms with Crippen LogP contribution in [0.4, 0.5) is 0 Å². The Hall–Kier alpha value is -0.470. The largest absolute Gasteiger partial charge is 0.320 e. The minimum Gasteiger partial charge on any atom is -0.320 e. The molecule has 0 bridgehead atoms. The molecule has 0 fully saturated rings. The molecule has 0 saturated carbocycles. The Morgan fingerprint density at radius 3 is 2.74 bits per heavy atom. The molecular formula is C12H23N3O2S2. The molecule has 0 aliphatic rings. The molecule has 5 nitrogen and oxygen atoms in total. The van der Waals surface area contributed by atoms with Crippen LogP contribution in [0.15, 0.2) is 17.5 Å². The highest BCUT2D eigenvalue weighted by Crippen LogP contribution is 2.22. The summed E-state index contributed by atoms with van der Waals surface area (Å²) in [7, 11) is 0.0522. The Bertz CT molecular complexity index is 446. The van der Waals surface area contributed by atoms with Crippen molar-refractivity contribution in [1.29, 1.82) is 0 Å². The van der Waals surface area contributed by atoms with Gasteiger partial charge >= 0.3 is 0 Å². The van der Waals surface area contributed by atoms with Crippen molar-refractivity contribution in [2.45, 2.75) is 25.8 Å². The van der Waals surface area contributed by atoms with E-state index in [9.17, 15) is 8.42 Å². The molecule has 0 aliphatic carbocycles. The Balaban J connectivity index is 2.61. The van der Waals surface area contributed by atoms with Gasteiger partial charge in [0.05, 0.1) is 6.04 Å². The molecule has 7 heteroatoms. The molecule has 0 aromatic carbocycles. The Labute approximate surface area is 120 Å². The van der Waals surface area contributed by atoms with Crippen molar-refractivity contribution >= 4 is 21.5 Å². The van der Waals surface area contributed by atoms with E-state index < -0.39 is 10.2 Å². The molecule has 1 unspecified atom stereocenters. The molecule has 1 rings (SSSR count). The van der Waals surface area contributed by atoms with Crippen LogP contribution >= 0.6 is 11.3 Å². The van der Waals surface area contributed by atoms with Gasteiger partial charge in [0.15, 0.2) is 0 Å². The Morgan fingerprint density at radius 1 is 1.47 bits per heavy atom. The fourth-order valence-corrected chi connectivity index (χ4v) is 3.84. The molecule has 2 N–H and O–H groups in total. The number of hydrogen-bond donors (Lipinski definition) is 2. The van der Waals surface area contributed by atoms with Crippen LogP contribution in [0.5, 0.6) is 0 Å². The lowest BCUT2D eigenvalue weighted by molar-refractivity contribution is 0.437. The van der Waals surface area contributed by atoms with Crippen molar-refractivity contribution in [1.82, 2.24) is 14.3 Å². The van der Waals surface area contributed by atoms with E-state index in [4.69, 9.17) is 0 Å². The lowest BCUT2D eigenvalue weighted by Gasteiger charge is -2.22. The number of thiophene rings is 1. The van der Waals surface area contributed by atoms with Gasteiger partial charge in [0.2, 0.25) is 0 Å². The standard InChI is InChI=1S/C12H23N3O2S2/c1-4-11(12-7-5-10-18-12)14-19(16,17)15(3)9-6-8-13-2/h5,7,10-11,13-14H,4,6,8-9H2,1-3H3. The van der Waals surface area contributed by atoms with E-state index in [2.05, 4.69) is 10.0 Å². The van der Waals surface area contributed by atoms with E-state index in [-0.39, 0.29) is 6.04 Å². The number of nitrogens with zero attached hydrogens (tertiary/aromatic N) is 1. The summed E-state index contributed by atoms with van der Waals surface area (Å²) < 4.78 is 28.5. The lowest BCUT2D eigenvalue weighted by atomic mass is 10.2. The smallest absolute Gasteiger partial charge is 0.279 e. The van der Waals surface area contributed by atoms with Gasteiger partial charge in [0.25, 0.3) is 10.2 Å². The minimum atomic E-state index is -3.42. The molecule has 1 aromatic rings. The molecule has 0 saturated heterocycles. The monoisotopic (exact) mass is 305 g/mol. The second kappa shape index (κ2) is 7.96. The minimum absolute atomic E-state index is 0.142. The summed E-state index contributed by atoms with van der Waals surface area (Å²) in [4.78, 5) is 1.05. The van der Waals surface area contributed by atoms with Gasteiger partial charge in [-0.15, -0.1) is 11.3 Å². The van der Waals surface area contributed by atoms with Gasteiger partial charge in [0.1, 0.15) is 0 Å². The predicted octanol–water partition coefficient (Wildman–Crippen LogP) is 1.57. The number of rotatable bonds is 9. The third-order valence-corrected chi connectivity index (χ3v) is 5.47. The van der Waals surface area contributed by atoms with Crippen molar-refractivity contribution in [2.24, 2.45) is 0 Å². The Morgan fingerprint density at radius 2 is 2.21 bits per heavy atom. The highest BCUT2D eigenvalue weighted by atomic mass is 32.2. The third kappa shape index (κ3) is 5.19. The second-order valence-corrected chi connectivity index (χ2v) is 7.17. The summed E-state index contributed by atoms with van der Waals surface area (Å²) >= 11 is 1.57. The molecule has 0 aliphatic heterocycles. The van der Waals surface area contributed by atoms with Gasteiger partial charge in [0, 0.05) is 18.5 Å². The quantitative estimate of drug-likeness (QED) is 0.681. The third-order valence-electron chi connectivity index (χ3n) is 2.90.